The molecule has 5 nitrogen and oxygen atoms in total. The minimum Gasteiger partial charge on any atom is -0.487 e. The maximum absolute atomic E-state index is 11.8. The SMILES string of the molecule is C=NN(/C=C(\C)c1cccc2c1O[C@H](C)CC(=O)N2)C(C)C. The molecule has 1 N–H and O–H groups in total. The molecule has 1 heterocycles. The number of carbonyl (C=O) groups is 1. The summed E-state index contributed by atoms with van der Waals surface area (Å²) in [6.07, 6.45) is 2.13. The second-order valence-corrected chi connectivity index (χ2v) is 5.79. The van der Waals surface area contributed by atoms with Crippen LogP contribution in [-0.2, 0) is 4.79 Å². The Morgan fingerprint density at radius 3 is 2.91 bits per heavy atom. The summed E-state index contributed by atoms with van der Waals surface area (Å²) in [6, 6.07) is 5.96. The highest BCUT2D eigenvalue weighted by Crippen LogP contribution is 2.36. The lowest BCUT2D eigenvalue weighted by molar-refractivity contribution is -0.117. The second kappa shape index (κ2) is 6.64. The first-order chi connectivity index (χ1) is 10.4. The van der Waals surface area contributed by atoms with Crippen molar-refractivity contribution >= 4 is 23.9 Å². The summed E-state index contributed by atoms with van der Waals surface area (Å²) >= 11 is 0. The molecule has 1 atom stereocenters. The van der Waals surface area contributed by atoms with Gasteiger partial charge in [0.25, 0.3) is 0 Å². The van der Waals surface area contributed by atoms with E-state index >= 15 is 0 Å². The Bertz CT molecular complexity index is 608. The van der Waals surface area contributed by atoms with Crippen LogP contribution < -0.4 is 10.1 Å². The standard InChI is InChI=1S/C17H23N3O2/c1-11(2)20(18-5)10-12(3)14-7-6-8-15-17(14)22-13(4)9-16(21)19-15/h6-8,10-11,13H,5,9H2,1-4H3,(H,19,21)/b12-10+/t13-/m1/s1. The number of nitrogens with zero attached hydrogens (tertiary/aromatic N) is 2. The molecule has 5 heteroatoms. The van der Waals surface area contributed by atoms with Crippen LogP contribution in [0, 0.1) is 0 Å². The predicted molar refractivity (Wildman–Crippen MR) is 90.0 cm³/mol. The van der Waals surface area contributed by atoms with Gasteiger partial charge in [0.2, 0.25) is 5.91 Å². The van der Waals surface area contributed by atoms with Gasteiger partial charge in [-0.3, -0.25) is 9.80 Å². The second-order valence-electron chi connectivity index (χ2n) is 5.79. The average Bonchev–Trinajstić information content (AvgIpc) is 2.59. The summed E-state index contributed by atoms with van der Waals surface area (Å²) in [4.78, 5) is 11.8. The first-order valence-electron chi connectivity index (χ1n) is 7.45. The van der Waals surface area contributed by atoms with E-state index in [2.05, 4.69) is 17.1 Å². The van der Waals surface area contributed by atoms with Crippen molar-refractivity contribution in [3.05, 3.63) is 30.0 Å². The number of hydrogen-bond donors (Lipinski definition) is 1. The Hall–Kier alpha value is -2.30. The molecule has 118 valence electrons. The highest BCUT2D eigenvalue weighted by molar-refractivity contribution is 5.94. The van der Waals surface area contributed by atoms with Gasteiger partial charge in [-0.05, 0) is 39.3 Å². The Morgan fingerprint density at radius 2 is 2.27 bits per heavy atom. The summed E-state index contributed by atoms with van der Waals surface area (Å²) < 4.78 is 5.97. The molecule has 0 saturated carbocycles. The summed E-state index contributed by atoms with van der Waals surface area (Å²) in [7, 11) is 0. The van der Waals surface area contributed by atoms with E-state index in [1.165, 1.54) is 0 Å². The quantitative estimate of drug-likeness (QED) is 0.684. The lowest BCUT2D eigenvalue weighted by Gasteiger charge is -2.21. The number of carbonyl (C=O) groups excluding carboxylic acids is 1. The third-order valence-electron chi connectivity index (χ3n) is 3.52. The van der Waals surface area contributed by atoms with Gasteiger partial charge in [0.15, 0.2) is 5.75 Å². The summed E-state index contributed by atoms with van der Waals surface area (Å²) in [5, 5.41) is 8.70. The molecule has 0 aromatic heterocycles. The number of benzene rings is 1. The van der Waals surface area contributed by atoms with Gasteiger partial charge in [-0.1, -0.05) is 12.1 Å². The van der Waals surface area contributed by atoms with Crippen molar-refractivity contribution in [1.29, 1.82) is 0 Å². The minimum absolute atomic E-state index is 0.0263. The zero-order valence-electron chi connectivity index (χ0n) is 13.6. The van der Waals surface area contributed by atoms with E-state index in [-0.39, 0.29) is 18.1 Å². The molecule has 22 heavy (non-hydrogen) atoms. The number of anilines is 1. The Labute approximate surface area is 131 Å². The molecule has 0 unspecified atom stereocenters. The van der Waals surface area contributed by atoms with Crippen LogP contribution in [0.1, 0.15) is 39.7 Å². The molecule has 1 aliphatic heterocycles. The van der Waals surface area contributed by atoms with Crippen molar-refractivity contribution in [1.82, 2.24) is 5.01 Å². The summed E-state index contributed by atoms with van der Waals surface area (Å²) in [5.74, 6) is 0.684. The van der Waals surface area contributed by atoms with Crippen molar-refractivity contribution < 1.29 is 9.53 Å². The topological polar surface area (TPSA) is 53.9 Å². The van der Waals surface area contributed by atoms with Gasteiger partial charge < -0.3 is 10.1 Å². The largest absolute Gasteiger partial charge is 0.487 e. The van der Waals surface area contributed by atoms with E-state index in [0.29, 0.717) is 17.9 Å². The summed E-state index contributed by atoms with van der Waals surface area (Å²) in [5.41, 5.74) is 2.66. The van der Waals surface area contributed by atoms with Crippen molar-refractivity contribution in [2.75, 3.05) is 5.32 Å². The smallest absolute Gasteiger partial charge is 0.228 e. The number of para-hydroxylation sites is 1. The molecule has 1 aromatic rings. The van der Waals surface area contributed by atoms with Crippen LogP contribution in [0.3, 0.4) is 0 Å². The highest BCUT2D eigenvalue weighted by Gasteiger charge is 2.22. The molecule has 0 aliphatic carbocycles. The molecule has 0 radical (unpaired) electrons. The van der Waals surface area contributed by atoms with E-state index in [1.807, 2.05) is 52.1 Å². The van der Waals surface area contributed by atoms with Crippen LogP contribution in [0.2, 0.25) is 0 Å². The molecule has 1 aliphatic rings. The van der Waals surface area contributed by atoms with Gasteiger partial charge in [0.05, 0.1) is 12.1 Å². The number of hydrazone groups is 1. The normalized spacial score (nSPS) is 18.1. The third-order valence-corrected chi connectivity index (χ3v) is 3.52. The van der Waals surface area contributed by atoms with Gasteiger partial charge >= 0.3 is 0 Å². The van der Waals surface area contributed by atoms with Crippen LogP contribution in [-0.4, -0.2) is 29.8 Å². The Kier molecular flexibility index (Phi) is 4.85. The van der Waals surface area contributed by atoms with Gasteiger partial charge in [0, 0.05) is 24.5 Å². The van der Waals surface area contributed by atoms with Crippen molar-refractivity contribution in [3.63, 3.8) is 0 Å². The monoisotopic (exact) mass is 301 g/mol. The number of fused-ring (bicyclic) bond motifs is 1. The number of hydrogen-bond acceptors (Lipinski definition) is 4. The van der Waals surface area contributed by atoms with Crippen LogP contribution >= 0.6 is 0 Å². The Morgan fingerprint density at radius 1 is 1.55 bits per heavy atom. The number of ether oxygens (including phenoxy) is 1. The third kappa shape index (κ3) is 3.47. The lowest BCUT2D eigenvalue weighted by Crippen LogP contribution is -2.19. The highest BCUT2D eigenvalue weighted by atomic mass is 16.5. The fourth-order valence-electron chi connectivity index (χ4n) is 2.40. The number of rotatable bonds is 4. The molecular weight excluding hydrogens is 278 g/mol. The fourth-order valence-corrected chi connectivity index (χ4v) is 2.40. The Balaban J connectivity index is 2.44. The first-order valence-corrected chi connectivity index (χ1v) is 7.45. The van der Waals surface area contributed by atoms with Gasteiger partial charge in [-0.15, -0.1) is 0 Å². The van der Waals surface area contributed by atoms with Crippen LogP contribution in [0.25, 0.3) is 5.57 Å². The first kappa shape index (κ1) is 16.1. The average molecular weight is 301 g/mol. The van der Waals surface area contributed by atoms with Crippen LogP contribution in [0.5, 0.6) is 5.75 Å². The van der Waals surface area contributed by atoms with Gasteiger partial charge in [-0.2, -0.15) is 5.10 Å². The molecule has 1 amide bonds. The molecule has 2 rings (SSSR count). The summed E-state index contributed by atoms with van der Waals surface area (Å²) in [6.45, 7) is 11.6. The van der Waals surface area contributed by atoms with Gasteiger partial charge in [-0.25, -0.2) is 0 Å². The number of nitrogens with one attached hydrogen (secondary N) is 1. The molecule has 0 fully saturated rings. The predicted octanol–water partition coefficient (Wildman–Crippen LogP) is 3.48. The fraction of sp³-hybridized carbons (Fsp3) is 0.412. The van der Waals surface area contributed by atoms with Crippen molar-refractivity contribution in [2.45, 2.75) is 46.3 Å². The molecule has 0 spiro atoms. The maximum atomic E-state index is 11.8. The lowest BCUT2D eigenvalue weighted by atomic mass is 10.1. The number of amides is 1. The van der Waals surface area contributed by atoms with Crippen molar-refractivity contribution in [2.24, 2.45) is 5.10 Å². The maximum Gasteiger partial charge on any atom is 0.228 e. The van der Waals surface area contributed by atoms with Crippen LogP contribution in [0.15, 0.2) is 29.5 Å². The van der Waals surface area contributed by atoms with E-state index in [4.69, 9.17) is 4.74 Å². The molecular formula is C17H23N3O2. The molecule has 1 aromatic carbocycles. The van der Waals surface area contributed by atoms with E-state index in [9.17, 15) is 4.79 Å². The molecule has 0 saturated heterocycles. The van der Waals surface area contributed by atoms with E-state index < -0.39 is 0 Å². The van der Waals surface area contributed by atoms with E-state index in [1.54, 1.807) is 5.01 Å². The zero-order chi connectivity index (χ0) is 16.3. The minimum atomic E-state index is -0.158. The van der Waals surface area contributed by atoms with E-state index in [0.717, 1.165) is 11.1 Å². The number of allylic oxidation sites excluding steroid dienone is 1. The zero-order valence-corrected chi connectivity index (χ0v) is 13.6. The van der Waals surface area contributed by atoms with Gasteiger partial charge in [0.1, 0.15) is 6.10 Å². The van der Waals surface area contributed by atoms with Crippen LogP contribution in [0.4, 0.5) is 5.69 Å². The molecule has 0 bridgehead atoms. The van der Waals surface area contributed by atoms with Crippen molar-refractivity contribution in [3.8, 4) is 5.75 Å².